The van der Waals surface area contributed by atoms with E-state index in [0.29, 0.717) is 25.7 Å². The molecule has 0 bridgehead atoms. The molecule has 0 spiro atoms. The highest BCUT2D eigenvalue weighted by molar-refractivity contribution is 5.81. The number of likely N-dealkylation sites (tertiary alicyclic amines) is 1. The van der Waals surface area contributed by atoms with E-state index in [1.54, 1.807) is 4.90 Å². The summed E-state index contributed by atoms with van der Waals surface area (Å²) in [6.07, 6.45) is 4.78. The molecule has 1 aromatic carbocycles. The van der Waals surface area contributed by atoms with Crippen LogP contribution in [0, 0.1) is 5.92 Å². The van der Waals surface area contributed by atoms with Crippen molar-refractivity contribution < 1.29 is 19.2 Å². The Kier molecular flexibility index (Phi) is 4.60. The number of carbonyl (C=O) groups excluding carboxylic acids is 1. The monoisotopic (exact) mass is 331 g/mol. The van der Waals surface area contributed by atoms with Crippen LogP contribution in [0.2, 0.25) is 0 Å². The van der Waals surface area contributed by atoms with E-state index < -0.39 is 0 Å². The van der Waals surface area contributed by atoms with E-state index in [-0.39, 0.29) is 5.92 Å². The van der Waals surface area contributed by atoms with Crippen molar-refractivity contribution in [2.24, 2.45) is 5.92 Å². The lowest BCUT2D eigenvalue weighted by molar-refractivity contribution is -0.886. The molecular weight excluding hydrogens is 304 g/mol. The van der Waals surface area contributed by atoms with Crippen LogP contribution in [0.15, 0.2) is 18.2 Å². The van der Waals surface area contributed by atoms with Crippen LogP contribution in [0.25, 0.3) is 0 Å². The Labute approximate surface area is 143 Å². The predicted octanol–water partition coefficient (Wildman–Crippen LogP) is 0.875. The van der Waals surface area contributed by atoms with Crippen LogP contribution < -0.4 is 14.4 Å². The minimum Gasteiger partial charge on any atom is -0.486 e. The zero-order valence-corrected chi connectivity index (χ0v) is 14.3. The molecule has 130 valence electrons. The third-order valence-electron chi connectivity index (χ3n) is 5.26. The molecule has 1 aliphatic carbocycles. The quantitative estimate of drug-likeness (QED) is 0.841. The van der Waals surface area contributed by atoms with Crippen molar-refractivity contribution in [2.75, 3.05) is 39.4 Å². The molecule has 1 amide bonds. The minimum absolute atomic E-state index is 0.274. The molecule has 1 N–H and O–H groups in total. The molecule has 0 aromatic heterocycles. The zero-order valence-electron chi connectivity index (χ0n) is 14.3. The van der Waals surface area contributed by atoms with Gasteiger partial charge in [-0.05, 0) is 30.5 Å². The van der Waals surface area contributed by atoms with E-state index in [1.165, 1.54) is 25.9 Å². The van der Waals surface area contributed by atoms with Crippen LogP contribution in [0.1, 0.15) is 31.2 Å². The number of hydrogen-bond acceptors (Lipinski definition) is 3. The minimum atomic E-state index is 0.274. The van der Waals surface area contributed by atoms with Gasteiger partial charge in [0.05, 0.1) is 26.2 Å². The van der Waals surface area contributed by atoms with Gasteiger partial charge in [-0.25, -0.2) is 0 Å². The maximum Gasteiger partial charge on any atom is 0.226 e. The van der Waals surface area contributed by atoms with Gasteiger partial charge in [-0.15, -0.1) is 0 Å². The predicted molar refractivity (Wildman–Crippen MR) is 90.4 cm³/mol. The second kappa shape index (κ2) is 7.01. The van der Waals surface area contributed by atoms with Crippen molar-refractivity contribution >= 4 is 5.91 Å². The number of rotatable bonds is 6. The maximum atomic E-state index is 12.7. The number of ether oxygens (including phenoxy) is 2. The van der Waals surface area contributed by atoms with Crippen molar-refractivity contribution in [2.45, 2.75) is 32.2 Å². The number of fused-ring (bicyclic) bond motifs is 1. The fourth-order valence-electron chi connectivity index (χ4n) is 3.68. The lowest BCUT2D eigenvalue weighted by atomic mass is 10.1. The maximum absolute atomic E-state index is 12.7. The topological polar surface area (TPSA) is 43.2 Å². The van der Waals surface area contributed by atoms with Gasteiger partial charge < -0.3 is 19.3 Å². The smallest absolute Gasteiger partial charge is 0.226 e. The fourth-order valence-corrected chi connectivity index (χ4v) is 3.68. The number of benzene rings is 1. The first-order valence-electron chi connectivity index (χ1n) is 9.30. The molecule has 0 radical (unpaired) electrons. The second-order valence-corrected chi connectivity index (χ2v) is 7.22. The van der Waals surface area contributed by atoms with Crippen LogP contribution in [0.5, 0.6) is 11.5 Å². The average molecular weight is 331 g/mol. The Hall–Kier alpha value is -1.75. The molecule has 1 saturated heterocycles. The van der Waals surface area contributed by atoms with Crippen LogP contribution >= 0.6 is 0 Å². The summed E-state index contributed by atoms with van der Waals surface area (Å²) in [5, 5.41) is 0. The third kappa shape index (κ3) is 3.66. The van der Waals surface area contributed by atoms with E-state index in [0.717, 1.165) is 43.0 Å². The molecule has 5 heteroatoms. The number of nitrogens with zero attached hydrogens (tertiary/aromatic N) is 1. The van der Waals surface area contributed by atoms with Crippen molar-refractivity contribution in [3.8, 4) is 11.5 Å². The standard InChI is InChI=1S/C19H26N2O3/c22-19(16-4-5-16)21(10-9-20-7-1-2-8-20)14-15-3-6-17-18(13-15)24-12-11-23-17/h3,6,13,16H,1-2,4-5,7-12,14H2/p+1. The first-order valence-corrected chi connectivity index (χ1v) is 9.30. The molecule has 0 unspecified atom stereocenters. The van der Waals surface area contributed by atoms with Gasteiger partial charge in [-0.1, -0.05) is 6.07 Å². The summed E-state index contributed by atoms with van der Waals surface area (Å²) in [4.78, 5) is 16.4. The molecule has 4 rings (SSSR count). The fraction of sp³-hybridized carbons (Fsp3) is 0.632. The Morgan fingerprint density at radius 3 is 2.62 bits per heavy atom. The summed E-state index contributed by atoms with van der Waals surface area (Å²) in [5.74, 6) is 2.23. The molecule has 2 heterocycles. The second-order valence-electron chi connectivity index (χ2n) is 7.22. The number of carbonyl (C=O) groups is 1. The van der Waals surface area contributed by atoms with Gasteiger partial charge in [0.15, 0.2) is 11.5 Å². The Morgan fingerprint density at radius 2 is 1.88 bits per heavy atom. The van der Waals surface area contributed by atoms with E-state index in [1.807, 2.05) is 12.1 Å². The summed E-state index contributed by atoms with van der Waals surface area (Å²) in [5.41, 5.74) is 1.13. The normalized spacial score (nSPS) is 20.2. The van der Waals surface area contributed by atoms with Gasteiger partial charge in [0.25, 0.3) is 0 Å². The summed E-state index contributed by atoms with van der Waals surface area (Å²) in [6, 6.07) is 6.06. The Morgan fingerprint density at radius 1 is 1.12 bits per heavy atom. The molecular formula is C19H27N2O3+. The molecule has 1 saturated carbocycles. The van der Waals surface area contributed by atoms with Gasteiger partial charge in [0.1, 0.15) is 13.2 Å². The first-order chi connectivity index (χ1) is 11.8. The molecule has 2 aliphatic heterocycles. The van der Waals surface area contributed by atoms with Crippen LogP contribution in [0.4, 0.5) is 0 Å². The summed E-state index contributed by atoms with van der Waals surface area (Å²) in [7, 11) is 0. The van der Waals surface area contributed by atoms with Gasteiger partial charge in [-0.3, -0.25) is 4.79 Å². The van der Waals surface area contributed by atoms with Crippen LogP contribution in [0.3, 0.4) is 0 Å². The number of amides is 1. The van der Waals surface area contributed by atoms with Gasteiger partial charge >= 0.3 is 0 Å². The molecule has 1 aromatic rings. The van der Waals surface area contributed by atoms with Crippen molar-refractivity contribution in [1.29, 1.82) is 0 Å². The first kappa shape index (κ1) is 15.8. The van der Waals surface area contributed by atoms with E-state index >= 15 is 0 Å². The van der Waals surface area contributed by atoms with Crippen LogP contribution in [-0.2, 0) is 11.3 Å². The largest absolute Gasteiger partial charge is 0.486 e. The summed E-state index contributed by atoms with van der Waals surface area (Å²) in [6.45, 7) is 6.34. The summed E-state index contributed by atoms with van der Waals surface area (Å²) >= 11 is 0. The van der Waals surface area contributed by atoms with Gasteiger partial charge in [0.2, 0.25) is 5.91 Å². The molecule has 24 heavy (non-hydrogen) atoms. The summed E-state index contributed by atoms with van der Waals surface area (Å²) < 4.78 is 11.3. The lowest BCUT2D eigenvalue weighted by Gasteiger charge is -2.25. The van der Waals surface area contributed by atoms with Crippen molar-refractivity contribution in [3.63, 3.8) is 0 Å². The van der Waals surface area contributed by atoms with Crippen molar-refractivity contribution in [1.82, 2.24) is 4.90 Å². The molecule has 5 nitrogen and oxygen atoms in total. The molecule has 0 atom stereocenters. The van der Waals surface area contributed by atoms with E-state index in [4.69, 9.17) is 9.47 Å². The highest BCUT2D eigenvalue weighted by atomic mass is 16.6. The highest BCUT2D eigenvalue weighted by Crippen LogP contribution is 2.33. The number of quaternary nitrogens is 1. The van der Waals surface area contributed by atoms with Crippen LogP contribution in [-0.4, -0.2) is 50.2 Å². The number of hydrogen-bond donors (Lipinski definition) is 1. The SMILES string of the molecule is O=C(C1CC1)N(CC[NH+]1CCCC1)Cc1ccc2c(c1)OCCO2. The zero-order chi connectivity index (χ0) is 16.4. The average Bonchev–Trinajstić information content (AvgIpc) is 3.34. The Bertz CT molecular complexity index is 594. The lowest BCUT2D eigenvalue weighted by Crippen LogP contribution is -3.10. The molecule has 2 fully saturated rings. The third-order valence-corrected chi connectivity index (χ3v) is 5.26. The highest BCUT2D eigenvalue weighted by Gasteiger charge is 2.34. The molecule has 3 aliphatic rings. The van der Waals surface area contributed by atoms with Gasteiger partial charge in [0, 0.05) is 25.3 Å². The van der Waals surface area contributed by atoms with Gasteiger partial charge in [-0.2, -0.15) is 0 Å². The van der Waals surface area contributed by atoms with E-state index in [9.17, 15) is 4.79 Å². The number of nitrogens with one attached hydrogen (secondary N) is 1. The Balaban J connectivity index is 1.43. The van der Waals surface area contributed by atoms with Crippen molar-refractivity contribution in [3.05, 3.63) is 23.8 Å². The van der Waals surface area contributed by atoms with E-state index in [2.05, 4.69) is 11.0 Å².